The monoisotopic (exact) mass is 420 g/mol. The summed E-state index contributed by atoms with van der Waals surface area (Å²) in [6, 6.07) is 12.5. The van der Waals surface area contributed by atoms with Gasteiger partial charge in [-0.15, -0.1) is 0 Å². The van der Waals surface area contributed by atoms with E-state index in [1.54, 1.807) is 37.4 Å². The van der Waals surface area contributed by atoms with Crippen LogP contribution in [-0.2, 0) is 21.4 Å². The maximum Gasteiger partial charge on any atom is 0.241 e. The highest BCUT2D eigenvalue weighted by Crippen LogP contribution is 2.27. The molecule has 0 radical (unpaired) electrons. The molecule has 2 aromatic carbocycles. The summed E-state index contributed by atoms with van der Waals surface area (Å²) in [6.07, 6.45) is 1.09. The number of carbonyl (C=O) groups is 1. The van der Waals surface area contributed by atoms with Gasteiger partial charge in [0.1, 0.15) is 6.54 Å². The molecule has 8 heteroatoms. The molecular weight excluding hydrogens is 392 g/mol. The summed E-state index contributed by atoms with van der Waals surface area (Å²) >= 11 is 0. The van der Waals surface area contributed by atoms with Crippen molar-refractivity contribution in [2.75, 3.05) is 31.3 Å². The molecule has 0 heterocycles. The molecule has 0 saturated heterocycles. The van der Waals surface area contributed by atoms with Gasteiger partial charge in [-0.2, -0.15) is 0 Å². The molecule has 0 bridgehead atoms. The number of methoxy groups -OCH3 is 2. The van der Waals surface area contributed by atoms with Gasteiger partial charge >= 0.3 is 0 Å². The molecule has 0 saturated carbocycles. The molecule has 29 heavy (non-hydrogen) atoms. The summed E-state index contributed by atoms with van der Waals surface area (Å²) in [7, 11) is -0.528. The zero-order chi connectivity index (χ0) is 21.6. The van der Waals surface area contributed by atoms with Crippen molar-refractivity contribution in [3.05, 3.63) is 53.6 Å². The lowest BCUT2D eigenvalue weighted by Gasteiger charge is -2.22. The third kappa shape index (κ3) is 6.12. The second-order valence-electron chi connectivity index (χ2n) is 6.98. The van der Waals surface area contributed by atoms with Gasteiger partial charge in [0, 0.05) is 6.54 Å². The molecule has 2 rings (SSSR count). The third-order valence-corrected chi connectivity index (χ3v) is 5.61. The molecule has 7 nitrogen and oxygen atoms in total. The summed E-state index contributed by atoms with van der Waals surface area (Å²) in [5, 5.41) is 2.75. The fourth-order valence-corrected chi connectivity index (χ4v) is 3.66. The van der Waals surface area contributed by atoms with Crippen molar-refractivity contribution < 1.29 is 22.7 Å². The first-order valence-corrected chi connectivity index (χ1v) is 11.1. The molecule has 0 atom stereocenters. The maximum atomic E-state index is 12.4. The number of nitrogens with zero attached hydrogens (tertiary/aromatic N) is 1. The lowest BCUT2D eigenvalue weighted by atomic mass is 10.0. The van der Waals surface area contributed by atoms with Crippen LogP contribution in [-0.4, -0.2) is 41.3 Å². The number of carbonyl (C=O) groups excluding carboxylic acids is 1. The van der Waals surface area contributed by atoms with Crippen LogP contribution < -0.4 is 19.1 Å². The normalized spacial score (nSPS) is 11.2. The first-order chi connectivity index (χ1) is 13.7. The number of nitrogens with one attached hydrogen (secondary N) is 1. The van der Waals surface area contributed by atoms with Crippen molar-refractivity contribution in [3.8, 4) is 11.5 Å². The van der Waals surface area contributed by atoms with Crippen molar-refractivity contribution in [2.45, 2.75) is 26.3 Å². The molecule has 0 unspecified atom stereocenters. The molecule has 0 aliphatic rings. The first-order valence-electron chi connectivity index (χ1n) is 9.21. The Hall–Kier alpha value is -2.74. The molecule has 0 fully saturated rings. The van der Waals surface area contributed by atoms with Crippen LogP contribution in [0.25, 0.3) is 0 Å². The van der Waals surface area contributed by atoms with E-state index in [1.807, 2.05) is 12.1 Å². The Morgan fingerprint density at radius 2 is 1.66 bits per heavy atom. The summed E-state index contributed by atoms with van der Waals surface area (Å²) in [5.41, 5.74) is 2.36. The number of hydrogen-bond acceptors (Lipinski definition) is 5. The lowest BCUT2D eigenvalue weighted by Crippen LogP contribution is -2.40. The van der Waals surface area contributed by atoms with E-state index in [4.69, 9.17) is 9.47 Å². The van der Waals surface area contributed by atoms with E-state index in [2.05, 4.69) is 19.2 Å². The van der Waals surface area contributed by atoms with Gasteiger partial charge in [-0.3, -0.25) is 9.10 Å². The highest BCUT2D eigenvalue weighted by Gasteiger charge is 2.21. The second kappa shape index (κ2) is 9.65. The zero-order valence-electron chi connectivity index (χ0n) is 17.4. The van der Waals surface area contributed by atoms with Gasteiger partial charge in [-0.25, -0.2) is 8.42 Å². The van der Waals surface area contributed by atoms with Crippen LogP contribution in [0.2, 0.25) is 0 Å². The van der Waals surface area contributed by atoms with Crippen LogP contribution in [0.3, 0.4) is 0 Å². The number of hydrogen-bond donors (Lipinski definition) is 1. The average Bonchev–Trinajstić information content (AvgIpc) is 2.69. The van der Waals surface area contributed by atoms with Crippen LogP contribution >= 0.6 is 0 Å². The molecule has 0 aromatic heterocycles. The quantitative estimate of drug-likeness (QED) is 0.674. The van der Waals surface area contributed by atoms with Crippen molar-refractivity contribution in [2.24, 2.45) is 0 Å². The Bertz CT molecular complexity index is 940. The zero-order valence-corrected chi connectivity index (χ0v) is 18.2. The van der Waals surface area contributed by atoms with Crippen molar-refractivity contribution in [3.63, 3.8) is 0 Å². The predicted molar refractivity (Wildman–Crippen MR) is 114 cm³/mol. The SMILES string of the molecule is COc1ccc(CNC(=O)CN(c2ccc(C(C)C)cc2)S(C)(=O)=O)cc1OC. The summed E-state index contributed by atoms with van der Waals surface area (Å²) < 4.78 is 36.0. The number of benzene rings is 2. The Morgan fingerprint density at radius 1 is 1.03 bits per heavy atom. The summed E-state index contributed by atoms with van der Waals surface area (Å²) in [5.74, 6) is 1.08. The first kappa shape index (κ1) is 22.5. The molecule has 1 N–H and O–H groups in total. The van der Waals surface area contributed by atoms with Crippen LogP contribution in [0.5, 0.6) is 11.5 Å². The minimum atomic E-state index is -3.61. The maximum absolute atomic E-state index is 12.4. The minimum absolute atomic E-state index is 0.239. The van der Waals surface area contributed by atoms with E-state index in [-0.39, 0.29) is 13.1 Å². The van der Waals surface area contributed by atoms with Gasteiger partial charge in [-0.1, -0.05) is 32.0 Å². The van der Waals surface area contributed by atoms with Gasteiger partial charge in [0.05, 0.1) is 26.2 Å². The van der Waals surface area contributed by atoms with Crippen LogP contribution in [0.1, 0.15) is 30.9 Å². The van der Waals surface area contributed by atoms with Crippen molar-refractivity contribution >= 4 is 21.6 Å². The van der Waals surface area contributed by atoms with Gasteiger partial charge < -0.3 is 14.8 Å². The Balaban J connectivity index is 2.09. The smallest absolute Gasteiger partial charge is 0.241 e. The van der Waals surface area contributed by atoms with Gasteiger partial charge in [0.25, 0.3) is 0 Å². The van der Waals surface area contributed by atoms with Crippen molar-refractivity contribution in [1.82, 2.24) is 5.32 Å². The predicted octanol–water partition coefficient (Wildman–Crippen LogP) is 2.91. The molecule has 158 valence electrons. The van der Waals surface area contributed by atoms with Gasteiger partial charge in [-0.05, 0) is 41.3 Å². The average molecular weight is 421 g/mol. The Kier molecular flexibility index (Phi) is 7.50. The number of sulfonamides is 1. The topological polar surface area (TPSA) is 84.9 Å². The summed E-state index contributed by atoms with van der Waals surface area (Å²) in [4.78, 5) is 12.4. The highest BCUT2D eigenvalue weighted by molar-refractivity contribution is 7.92. The van der Waals surface area contributed by atoms with Gasteiger partial charge in [0.2, 0.25) is 15.9 Å². The Labute approximate surface area is 172 Å². The van der Waals surface area contributed by atoms with E-state index >= 15 is 0 Å². The largest absolute Gasteiger partial charge is 0.493 e. The van der Waals surface area contributed by atoms with E-state index in [1.165, 1.54) is 7.11 Å². The molecule has 2 aromatic rings. The molecule has 0 spiro atoms. The van der Waals surface area contributed by atoms with Crippen LogP contribution in [0, 0.1) is 0 Å². The Morgan fingerprint density at radius 3 is 2.17 bits per heavy atom. The number of rotatable bonds is 9. The van der Waals surface area contributed by atoms with E-state index in [0.717, 1.165) is 21.7 Å². The number of amides is 1. The number of ether oxygens (including phenoxy) is 2. The standard InChI is InChI=1S/C21H28N2O5S/c1-15(2)17-7-9-18(10-8-17)23(29(5,25)26)14-21(24)22-13-16-6-11-19(27-3)20(12-16)28-4/h6-12,15H,13-14H2,1-5H3,(H,22,24). The molecular formula is C21H28N2O5S. The van der Waals surface area contributed by atoms with E-state index in [0.29, 0.717) is 23.1 Å². The van der Waals surface area contributed by atoms with Crippen LogP contribution in [0.15, 0.2) is 42.5 Å². The lowest BCUT2D eigenvalue weighted by molar-refractivity contribution is -0.119. The molecule has 0 aliphatic heterocycles. The number of anilines is 1. The van der Waals surface area contributed by atoms with Gasteiger partial charge in [0.15, 0.2) is 11.5 Å². The third-order valence-electron chi connectivity index (χ3n) is 4.47. The summed E-state index contributed by atoms with van der Waals surface area (Å²) in [6.45, 7) is 4.06. The second-order valence-corrected chi connectivity index (χ2v) is 8.89. The minimum Gasteiger partial charge on any atom is -0.493 e. The van der Waals surface area contributed by atoms with Crippen LogP contribution in [0.4, 0.5) is 5.69 Å². The van der Waals surface area contributed by atoms with E-state index in [9.17, 15) is 13.2 Å². The van der Waals surface area contributed by atoms with E-state index < -0.39 is 15.9 Å². The fraction of sp³-hybridized carbons (Fsp3) is 0.381. The molecule has 1 amide bonds. The highest BCUT2D eigenvalue weighted by atomic mass is 32.2. The molecule has 0 aliphatic carbocycles. The van der Waals surface area contributed by atoms with Crippen molar-refractivity contribution in [1.29, 1.82) is 0 Å². The fourth-order valence-electron chi connectivity index (χ4n) is 2.80.